The molecule has 0 saturated carbocycles. The van der Waals surface area contributed by atoms with Crippen molar-refractivity contribution in [2.24, 2.45) is 5.73 Å². The van der Waals surface area contributed by atoms with Gasteiger partial charge in [-0.3, -0.25) is 4.90 Å². The van der Waals surface area contributed by atoms with Crippen LogP contribution in [0.1, 0.15) is 25.0 Å². The van der Waals surface area contributed by atoms with Crippen molar-refractivity contribution >= 4 is 17.2 Å². The summed E-state index contributed by atoms with van der Waals surface area (Å²) in [5.74, 6) is 0.747. The van der Waals surface area contributed by atoms with Gasteiger partial charge in [-0.1, -0.05) is 25.2 Å². The number of likely N-dealkylation sites (N-methyl/N-ethyl adjacent to an activating group) is 2. The minimum absolute atomic E-state index is 0.367. The van der Waals surface area contributed by atoms with E-state index in [2.05, 4.69) is 43.8 Å². The van der Waals surface area contributed by atoms with E-state index in [0.29, 0.717) is 11.0 Å². The number of nitrogens with zero attached hydrogens (tertiary/aromatic N) is 2. The van der Waals surface area contributed by atoms with E-state index in [1.807, 2.05) is 12.1 Å². The molecule has 1 unspecified atom stereocenters. The normalized spacial score (nSPS) is 12.7. The molecule has 0 heterocycles. The van der Waals surface area contributed by atoms with Crippen LogP contribution in [0.3, 0.4) is 0 Å². The molecule has 1 aromatic rings. The van der Waals surface area contributed by atoms with Crippen molar-refractivity contribution in [3.8, 4) is 5.75 Å². The topological polar surface area (TPSA) is 41.7 Å². The Labute approximate surface area is 133 Å². The third-order valence-corrected chi connectivity index (χ3v) is 3.80. The zero-order valence-corrected chi connectivity index (χ0v) is 14.5. The summed E-state index contributed by atoms with van der Waals surface area (Å²) in [6, 6.07) is 6.54. The van der Waals surface area contributed by atoms with Crippen molar-refractivity contribution in [3.63, 3.8) is 0 Å². The molecule has 5 heteroatoms. The maximum atomic E-state index is 5.71. The first-order valence-corrected chi connectivity index (χ1v) is 7.65. The lowest BCUT2D eigenvalue weighted by Gasteiger charge is -2.30. The molecule has 1 aromatic carbocycles. The molecule has 0 spiro atoms. The smallest absolute Gasteiger partial charge is 0.129 e. The van der Waals surface area contributed by atoms with E-state index in [1.165, 1.54) is 5.56 Å². The van der Waals surface area contributed by atoms with Crippen LogP contribution < -0.4 is 10.5 Å². The second-order valence-corrected chi connectivity index (χ2v) is 6.01. The van der Waals surface area contributed by atoms with E-state index in [1.54, 1.807) is 7.11 Å². The van der Waals surface area contributed by atoms with Gasteiger partial charge in [0.05, 0.1) is 12.7 Å². The Kier molecular flexibility index (Phi) is 7.08. The fourth-order valence-corrected chi connectivity index (χ4v) is 2.66. The highest BCUT2D eigenvalue weighted by Crippen LogP contribution is 2.21. The average Bonchev–Trinajstić information content (AvgIpc) is 2.43. The molecular weight excluding hydrogens is 282 g/mol. The van der Waals surface area contributed by atoms with E-state index in [4.69, 9.17) is 22.7 Å². The molecule has 0 aliphatic carbocycles. The highest BCUT2D eigenvalue weighted by Gasteiger charge is 2.14. The Morgan fingerprint density at radius 2 is 2.05 bits per heavy atom. The van der Waals surface area contributed by atoms with Gasteiger partial charge in [-0.05, 0) is 45.3 Å². The maximum Gasteiger partial charge on any atom is 0.129 e. The molecule has 0 fully saturated rings. The van der Waals surface area contributed by atoms with Crippen molar-refractivity contribution < 1.29 is 4.74 Å². The van der Waals surface area contributed by atoms with Gasteiger partial charge in [-0.25, -0.2) is 0 Å². The van der Waals surface area contributed by atoms with Gasteiger partial charge in [-0.2, -0.15) is 0 Å². The first-order valence-electron chi connectivity index (χ1n) is 7.24. The molecular formula is C16H27N3OS. The van der Waals surface area contributed by atoms with Gasteiger partial charge in [0.25, 0.3) is 0 Å². The Morgan fingerprint density at radius 1 is 1.38 bits per heavy atom. The molecule has 2 N–H and O–H groups in total. The fraction of sp³-hybridized carbons (Fsp3) is 0.562. The second-order valence-electron chi connectivity index (χ2n) is 5.57. The largest absolute Gasteiger partial charge is 0.496 e. The predicted molar refractivity (Wildman–Crippen MR) is 93.0 cm³/mol. The number of hydrogen-bond donors (Lipinski definition) is 1. The molecule has 4 nitrogen and oxygen atoms in total. The van der Waals surface area contributed by atoms with Gasteiger partial charge >= 0.3 is 0 Å². The summed E-state index contributed by atoms with van der Waals surface area (Å²) in [5, 5.41) is 0. The fourth-order valence-electron chi connectivity index (χ4n) is 2.50. The standard InChI is InChI=1S/C16H27N3OS/c1-6-19(12(2)10-18(3)4)11-13-7-8-14(16(17)21)15(9-13)20-5/h7-9,12H,6,10-11H2,1-5H3,(H2,17,21). The summed E-state index contributed by atoms with van der Waals surface area (Å²) in [6.07, 6.45) is 0. The minimum Gasteiger partial charge on any atom is -0.496 e. The summed E-state index contributed by atoms with van der Waals surface area (Å²) in [4.78, 5) is 5.02. The van der Waals surface area contributed by atoms with Crippen molar-refractivity contribution in [1.82, 2.24) is 9.80 Å². The van der Waals surface area contributed by atoms with Crippen LogP contribution in [0.4, 0.5) is 0 Å². The number of methoxy groups -OCH3 is 1. The van der Waals surface area contributed by atoms with Crippen LogP contribution in [0, 0.1) is 0 Å². The van der Waals surface area contributed by atoms with Gasteiger partial charge in [-0.15, -0.1) is 0 Å². The summed E-state index contributed by atoms with van der Waals surface area (Å²) < 4.78 is 5.39. The number of benzene rings is 1. The zero-order valence-electron chi connectivity index (χ0n) is 13.7. The Balaban J connectivity index is 2.88. The SMILES string of the molecule is CCN(Cc1ccc(C(N)=S)c(OC)c1)C(C)CN(C)C. The van der Waals surface area contributed by atoms with E-state index < -0.39 is 0 Å². The van der Waals surface area contributed by atoms with Crippen LogP contribution in [0.25, 0.3) is 0 Å². The quantitative estimate of drug-likeness (QED) is 0.745. The van der Waals surface area contributed by atoms with Crippen LogP contribution in [0.5, 0.6) is 5.75 Å². The molecule has 0 aliphatic rings. The van der Waals surface area contributed by atoms with Gasteiger partial charge in [0.2, 0.25) is 0 Å². The lowest BCUT2D eigenvalue weighted by Crippen LogP contribution is -2.39. The average molecular weight is 309 g/mol. The first-order chi connectivity index (χ1) is 9.88. The summed E-state index contributed by atoms with van der Waals surface area (Å²) >= 11 is 5.04. The Bertz CT molecular complexity index is 477. The van der Waals surface area contributed by atoms with E-state index >= 15 is 0 Å². The third-order valence-electron chi connectivity index (χ3n) is 3.58. The molecule has 1 atom stereocenters. The summed E-state index contributed by atoms with van der Waals surface area (Å²) in [7, 11) is 5.85. The number of hydrogen-bond acceptors (Lipinski definition) is 4. The summed E-state index contributed by atoms with van der Waals surface area (Å²) in [6.45, 7) is 7.38. The van der Waals surface area contributed by atoms with Crippen LogP contribution in [-0.2, 0) is 6.54 Å². The molecule has 21 heavy (non-hydrogen) atoms. The van der Waals surface area contributed by atoms with Gasteiger partial charge < -0.3 is 15.4 Å². The number of thiocarbonyl (C=S) groups is 1. The third kappa shape index (κ3) is 5.26. The van der Waals surface area contributed by atoms with Gasteiger partial charge in [0, 0.05) is 19.1 Å². The molecule has 0 radical (unpaired) electrons. The molecule has 0 aliphatic heterocycles. The summed E-state index contributed by atoms with van der Waals surface area (Å²) in [5.41, 5.74) is 7.71. The van der Waals surface area contributed by atoms with Crippen LogP contribution >= 0.6 is 12.2 Å². The van der Waals surface area contributed by atoms with Crippen molar-refractivity contribution in [1.29, 1.82) is 0 Å². The minimum atomic E-state index is 0.367. The predicted octanol–water partition coefficient (Wildman–Crippen LogP) is 2.10. The van der Waals surface area contributed by atoms with Crippen molar-refractivity contribution in [3.05, 3.63) is 29.3 Å². The number of ether oxygens (including phenoxy) is 1. The number of nitrogens with two attached hydrogens (primary N) is 1. The zero-order chi connectivity index (χ0) is 16.0. The molecule has 0 saturated heterocycles. The molecule has 118 valence electrons. The lowest BCUT2D eigenvalue weighted by atomic mass is 10.1. The van der Waals surface area contributed by atoms with E-state index in [-0.39, 0.29) is 0 Å². The Hall–Kier alpha value is -1.17. The van der Waals surface area contributed by atoms with Crippen LogP contribution in [0.2, 0.25) is 0 Å². The second kappa shape index (κ2) is 8.32. The molecule has 0 bridgehead atoms. The van der Waals surface area contributed by atoms with E-state index in [0.717, 1.165) is 30.9 Å². The number of rotatable bonds is 8. The van der Waals surface area contributed by atoms with Gasteiger partial charge in [0.15, 0.2) is 0 Å². The van der Waals surface area contributed by atoms with E-state index in [9.17, 15) is 0 Å². The maximum absolute atomic E-state index is 5.71. The van der Waals surface area contributed by atoms with Crippen molar-refractivity contribution in [2.75, 3.05) is 34.3 Å². The first kappa shape index (κ1) is 17.9. The Morgan fingerprint density at radius 3 is 2.52 bits per heavy atom. The van der Waals surface area contributed by atoms with Crippen LogP contribution in [0.15, 0.2) is 18.2 Å². The monoisotopic (exact) mass is 309 g/mol. The molecule has 0 amide bonds. The lowest BCUT2D eigenvalue weighted by molar-refractivity contribution is 0.174. The van der Waals surface area contributed by atoms with Crippen LogP contribution in [-0.4, -0.2) is 55.1 Å². The molecule has 1 rings (SSSR count). The molecule has 0 aromatic heterocycles. The highest BCUT2D eigenvalue weighted by molar-refractivity contribution is 7.80. The highest BCUT2D eigenvalue weighted by atomic mass is 32.1. The van der Waals surface area contributed by atoms with Crippen molar-refractivity contribution in [2.45, 2.75) is 26.4 Å². The van der Waals surface area contributed by atoms with Gasteiger partial charge in [0.1, 0.15) is 10.7 Å².